The molecule has 136 valence electrons. The molecule has 2 heterocycles. The van der Waals surface area contributed by atoms with E-state index in [1.165, 1.54) is 22.3 Å². The Balaban J connectivity index is 1.71. The number of amides is 1. The Bertz CT molecular complexity index is 904. The second kappa shape index (κ2) is 7.84. The van der Waals surface area contributed by atoms with Crippen LogP contribution in [0.15, 0.2) is 58.6 Å². The summed E-state index contributed by atoms with van der Waals surface area (Å²) in [7, 11) is -3.31. The fourth-order valence-electron chi connectivity index (χ4n) is 2.60. The van der Waals surface area contributed by atoms with E-state index < -0.39 is 34.4 Å². The standard InChI is InChI=1S/C18H17NO5S2/c20-17(11-24-18(21)15-6-8-25-12-15)19(10-14-4-2-1-3-5-14)16-7-9-26(22,23)13-16/h1-9,12,16H,10-11,13H2/t16-/m1/s1. The summed E-state index contributed by atoms with van der Waals surface area (Å²) in [6.45, 7) is -0.202. The number of carbonyl (C=O) groups excluding carboxylic acids is 2. The zero-order valence-electron chi connectivity index (χ0n) is 13.8. The van der Waals surface area contributed by atoms with Crippen LogP contribution in [0.5, 0.6) is 0 Å². The molecule has 1 aliphatic heterocycles. The van der Waals surface area contributed by atoms with Crippen LogP contribution in [0.3, 0.4) is 0 Å². The number of ether oxygens (including phenoxy) is 1. The van der Waals surface area contributed by atoms with Gasteiger partial charge in [0.1, 0.15) is 0 Å². The van der Waals surface area contributed by atoms with Crippen LogP contribution in [0.1, 0.15) is 15.9 Å². The lowest BCUT2D eigenvalue weighted by Gasteiger charge is -2.27. The summed E-state index contributed by atoms with van der Waals surface area (Å²) < 4.78 is 28.5. The molecule has 1 aromatic carbocycles. The Morgan fingerprint density at radius 1 is 1.19 bits per heavy atom. The molecule has 0 unspecified atom stereocenters. The molecule has 0 saturated heterocycles. The van der Waals surface area contributed by atoms with Crippen molar-refractivity contribution in [3.63, 3.8) is 0 Å². The maximum atomic E-state index is 12.6. The predicted octanol–water partition coefficient (Wildman–Crippen LogP) is 2.24. The lowest BCUT2D eigenvalue weighted by molar-refractivity contribution is -0.136. The van der Waals surface area contributed by atoms with Gasteiger partial charge in [0.2, 0.25) is 0 Å². The number of rotatable bonds is 6. The first kappa shape index (κ1) is 18.3. The van der Waals surface area contributed by atoms with E-state index in [2.05, 4.69) is 0 Å². The Kier molecular flexibility index (Phi) is 5.53. The van der Waals surface area contributed by atoms with Gasteiger partial charge in [-0.1, -0.05) is 30.3 Å². The van der Waals surface area contributed by atoms with E-state index in [4.69, 9.17) is 4.74 Å². The van der Waals surface area contributed by atoms with Crippen molar-refractivity contribution in [2.45, 2.75) is 12.6 Å². The van der Waals surface area contributed by atoms with Crippen molar-refractivity contribution < 1.29 is 22.7 Å². The Morgan fingerprint density at radius 3 is 2.58 bits per heavy atom. The van der Waals surface area contributed by atoms with Gasteiger partial charge in [0, 0.05) is 17.3 Å². The average Bonchev–Trinajstić information content (AvgIpc) is 3.28. The van der Waals surface area contributed by atoms with Crippen LogP contribution in [-0.4, -0.2) is 43.6 Å². The van der Waals surface area contributed by atoms with E-state index >= 15 is 0 Å². The highest BCUT2D eigenvalue weighted by Crippen LogP contribution is 2.18. The Hall–Kier alpha value is -2.45. The number of benzene rings is 1. The molecule has 0 fully saturated rings. The molecule has 1 aliphatic rings. The smallest absolute Gasteiger partial charge is 0.339 e. The maximum Gasteiger partial charge on any atom is 0.339 e. The monoisotopic (exact) mass is 391 g/mol. The highest BCUT2D eigenvalue weighted by molar-refractivity contribution is 7.94. The van der Waals surface area contributed by atoms with Crippen molar-refractivity contribution in [2.24, 2.45) is 0 Å². The molecule has 1 atom stereocenters. The third kappa shape index (κ3) is 4.59. The van der Waals surface area contributed by atoms with Gasteiger partial charge in [-0.25, -0.2) is 13.2 Å². The minimum Gasteiger partial charge on any atom is -0.452 e. The quantitative estimate of drug-likeness (QED) is 0.706. The minimum atomic E-state index is -3.31. The van der Waals surface area contributed by atoms with Gasteiger partial charge in [-0.15, -0.1) is 0 Å². The lowest BCUT2D eigenvalue weighted by Crippen LogP contribution is -2.42. The van der Waals surface area contributed by atoms with Gasteiger partial charge in [-0.2, -0.15) is 11.3 Å². The van der Waals surface area contributed by atoms with Gasteiger partial charge in [-0.3, -0.25) is 4.79 Å². The lowest BCUT2D eigenvalue weighted by atomic mass is 10.2. The fraction of sp³-hybridized carbons (Fsp3) is 0.222. The topological polar surface area (TPSA) is 80.8 Å². The number of thiophene rings is 1. The van der Waals surface area contributed by atoms with Gasteiger partial charge >= 0.3 is 5.97 Å². The van der Waals surface area contributed by atoms with Gasteiger partial charge in [0.15, 0.2) is 16.4 Å². The number of nitrogens with zero attached hydrogens (tertiary/aromatic N) is 1. The summed E-state index contributed by atoms with van der Waals surface area (Å²) in [5.74, 6) is -1.18. The molecule has 0 radical (unpaired) electrons. The van der Waals surface area contributed by atoms with Crippen molar-refractivity contribution >= 4 is 33.1 Å². The average molecular weight is 391 g/mol. The van der Waals surface area contributed by atoms with E-state index in [0.29, 0.717) is 5.56 Å². The molecule has 0 bridgehead atoms. The summed E-state index contributed by atoms with van der Waals surface area (Å²) >= 11 is 1.36. The minimum absolute atomic E-state index is 0.163. The van der Waals surface area contributed by atoms with E-state index in [9.17, 15) is 18.0 Å². The van der Waals surface area contributed by atoms with Crippen molar-refractivity contribution in [2.75, 3.05) is 12.4 Å². The molecular formula is C18H17NO5S2. The summed E-state index contributed by atoms with van der Waals surface area (Å²) in [6.07, 6.45) is 1.50. The summed E-state index contributed by atoms with van der Waals surface area (Å²) in [6, 6.07) is 10.3. The molecule has 6 nitrogen and oxygen atoms in total. The highest BCUT2D eigenvalue weighted by Gasteiger charge is 2.30. The van der Waals surface area contributed by atoms with Crippen LogP contribution in [-0.2, 0) is 25.9 Å². The zero-order valence-corrected chi connectivity index (χ0v) is 15.4. The number of hydrogen-bond acceptors (Lipinski definition) is 6. The summed E-state index contributed by atoms with van der Waals surface area (Å²) in [4.78, 5) is 26.0. The molecule has 2 aromatic rings. The SMILES string of the molecule is O=C(OCC(=O)N(Cc1ccccc1)[C@@H]1C=CS(=O)(=O)C1)c1ccsc1. The first-order valence-electron chi connectivity index (χ1n) is 7.88. The van der Waals surface area contributed by atoms with Gasteiger partial charge in [-0.05, 0) is 23.1 Å². The number of hydrogen-bond donors (Lipinski definition) is 0. The van der Waals surface area contributed by atoms with Crippen LogP contribution in [0, 0.1) is 0 Å². The van der Waals surface area contributed by atoms with Crippen LogP contribution in [0.2, 0.25) is 0 Å². The highest BCUT2D eigenvalue weighted by atomic mass is 32.2. The molecule has 3 rings (SSSR count). The van der Waals surface area contributed by atoms with Gasteiger partial charge in [0.25, 0.3) is 5.91 Å². The third-order valence-corrected chi connectivity index (χ3v) is 5.97. The molecule has 8 heteroatoms. The summed E-state index contributed by atoms with van der Waals surface area (Å²) in [5.41, 5.74) is 1.25. The van der Waals surface area contributed by atoms with Crippen LogP contribution < -0.4 is 0 Å². The molecule has 1 amide bonds. The predicted molar refractivity (Wildman–Crippen MR) is 98.3 cm³/mol. The first-order valence-corrected chi connectivity index (χ1v) is 10.5. The van der Waals surface area contributed by atoms with Crippen molar-refractivity contribution in [1.29, 1.82) is 0 Å². The summed E-state index contributed by atoms with van der Waals surface area (Å²) in [5, 5.41) is 4.51. The third-order valence-electron chi connectivity index (χ3n) is 3.91. The Labute approximate surface area is 155 Å². The maximum absolute atomic E-state index is 12.6. The molecule has 1 aromatic heterocycles. The van der Waals surface area contributed by atoms with Crippen molar-refractivity contribution in [1.82, 2.24) is 4.90 Å². The van der Waals surface area contributed by atoms with E-state index in [-0.39, 0.29) is 12.3 Å². The van der Waals surface area contributed by atoms with Crippen LogP contribution in [0.4, 0.5) is 0 Å². The molecule has 0 saturated carbocycles. The van der Waals surface area contributed by atoms with Crippen LogP contribution >= 0.6 is 11.3 Å². The first-order chi connectivity index (χ1) is 12.4. The molecule has 26 heavy (non-hydrogen) atoms. The molecular weight excluding hydrogens is 374 g/mol. The van der Waals surface area contributed by atoms with Crippen molar-refractivity contribution in [3.05, 3.63) is 69.8 Å². The Morgan fingerprint density at radius 2 is 1.96 bits per heavy atom. The number of sulfone groups is 1. The zero-order chi connectivity index (χ0) is 18.6. The number of esters is 1. The molecule has 0 N–H and O–H groups in total. The van der Waals surface area contributed by atoms with E-state index in [1.54, 1.807) is 16.8 Å². The second-order valence-corrected chi connectivity index (χ2v) is 8.53. The van der Waals surface area contributed by atoms with Gasteiger partial charge < -0.3 is 9.64 Å². The molecule has 0 aliphatic carbocycles. The molecule has 0 spiro atoms. The largest absolute Gasteiger partial charge is 0.452 e. The van der Waals surface area contributed by atoms with E-state index in [1.807, 2.05) is 30.3 Å². The van der Waals surface area contributed by atoms with Crippen LogP contribution in [0.25, 0.3) is 0 Å². The normalized spacial score (nSPS) is 17.8. The van der Waals surface area contributed by atoms with Gasteiger partial charge in [0.05, 0.1) is 17.4 Å². The number of carbonyl (C=O) groups is 2. The van der Waals surface area contributed by atoms with Crippen molar-refractivity contribution in [3.8, 4) is 0 Å². The van der Waals surface area contributed by atoms with E-state index in [0.717, 1.165) is 11.0 Å². The second-order valence-electron chi connectivity index (χ2n) is 5.82. The fourth-order valence-corrected chi connectivity index (χ4v) is 4.52.